The van der Waals surface area contributed by atoms with Gasteiger partial charge in [-0.3, -0.25) is 4.79 Å². The fraction of sp³-hybridized carbons (Fsp3) is 0.500. The van der Waals surface area contributed by atoms with Crippen LogP contribution in [-0.4, -0.2) is 32.3 Å². The summed E-state index contributed by atoms with van der Waals surface area (Å²) < 4.78 is 33.6. The highest BCUT2D eigenvalue weighted by Gasteiger charge is 2.44. The van der Waals surface area contributed by atoms with Crippen molar-refractivity contribution in [3.63, 3.8) is 0 Å². The Bertz CT molecular complexity index is 542. The number of fused-ring (bicyclic) bond motifs is 3. The molecule has 2 atom stereocenters. The van der Waals surface area contributed by atoms with Crippen molar-refractivity contribution in [2.45, 2.75) is 18.4 Å². The predicted molar refractivity (Wildman–Crippen MR) is 54.5 cm³/mol. The molecule has 0 N–H and O–H groups in total. The second kappa shape index (κ2) is 3.10. The SMILES string of the molecule is O=Cc1occ2c1OC1CCS(=O)(=O)CC21. The normalized spacial score (nSPS) is 30.2. The zero-order chi connectivity index (χ0) is 11.3. The van der Waals surface area contributed by atoms with Gasteiger partial charge in [-0.2, -0.15) is 0 Å². The van der Waals surface area contributed by atoms with E-state index in [2.05, 4.69) is 0 Å². The van der Waals surface area contributed by atoms with Crippen molar-refractivity contribution in [1.29, 1.82) is 0 Å². The highest BCUT2D eigenvalue weighted by Crippen LogP contribution is 2.45. The molecule has 0 aliphatic carbocycles. The summed E-state index contributed by atoms with van der Waals surface area (Å²) in [7, 11) is -2.99. The van der Waals surface area contributed by atoms with Crippen molar-refractivity contribution in [3.8, 4) is 5.75 Å². The maximum absolute atomic E-state index is 11.5. The predicted octanol–water partition coefficient (Wildman–Crippen LogP) is 0.755. The average Bonchev–Trinajstić information content (AvgIpc) is 2.75. The molecule has 2 aliphatic rings. The molecule has 16 heavy (non-hydrogen) atoms. The first kappa shape index (κ1) is 9.89. The molecule has 2 aliphatic heterocycles. The molecule has 0 spiro atoms. The molecule has 3 heterocycles. The van der Waals surface area contributed by atoms with E-state index in [0.717, 1.165) is 5.56 Å². The van der Waals surface area contributed by atoms with Gasteiger partial charge in [-0.25, -0.2) is 8.42 Å². The molecule has 86 valence electrons. The fourth-order valence-corrected chi connectivity index (χ4v) is 4.08. The second-order valence-electron chi connectivity index (χ2n) is 4.17. The lowest BCUT2D eigenvalue weighted by molar-refractivity contribution is 0.108. The molecule has 0 bridgehead atoms. The first-order chi connectivity index (χ1) is 7.61. The summed E-state index contributed by atoms with van der Waals surface area (Å²) in [6.45, 7) is 0. The molecule has 0 aromatic carbocycles. The van der Waals surface area contributed by atoms with Crippen LogP contribution in [0.25, 0.3) is 0 Å². The Labute approximate surface area is 92.3 Å². The largest absolute Gasteiger partial charge is 0.485 e. The van der Waals surface area contributed by atoms with E-state index in [1.165, 1.54) is 6.26 Å². The van der Waals surface area contributed by atoms with Crippen LogP contribution in [-0.2, 0) is 9.84 Å². The quantitative estimate of drug-likeness (QED) is 0.679. The summed E-state index contributed by atoms with van der Waals surface area (Å²) in [5.74, 6) is 0.657. The fourth-order valence-electron chi connectivity index (χ4n) is 2.38. The number of carbonyl (C=O) groups excluding carboxylic acids is 1. The van der Waals surface area contributed by atoms with Crippen LogP contribution in [0.15, 0.2) is 10.7 Å². The van der Waals surface area contributed by atoms with Gasteiger partial charge in [0.15, 0.2) is 21.9 Å². The maximum Gasteiger partial charge on any atom is 0.208 e. The summed E-state index contributed by atoms with van der Waals surface area (Å²) in [5, 5.41) is 0. The number of ether oxygens (including phenoxy) is 1. The number of hydrogen-bond donors (Lipinski definition) is 0. The van der Waals surface area contributed by atoms with E-state index in [9.17, 15) is 13.2 Å². The summed E-state index contributed by atoms with van der Waals surface area (Å²) in [4.78, 5) is 10.7. The first-order valence-corrected chi connectivity index (χ1v) is 6.86. The van der Waals surface area contributed by atoms with Crippen molar-refractivity contribution in [3.05, 3.63) is 17.6 Å². The Kier molecular flexibility index (Phi) is 1.92. The standard InChI is InChI=1S/C10H10O5S/c11-3-9-10-6(4-14-9)7-5-16(12,13)2-1-8(7)15-10/h3-4,7-8H,1-2,5H2. The van der Waals surface area contributed by atoms with E-state index in [0.29, 0.717) is 18.5 Å². The molecule has 2 unspecified atom stereocenters. The average molecular weight is 242 g/mol. The van der Waals surface area contributed by atoms with Gasteiger partial charge < -0.3 is 9.15 Å². The van der Waals surface area contributed by atoms with Crippen LogP contribution >= 0.6 is 0 Å². The summed E-state index contributed by atoms with van der Waals surface area (Å²) in [6, 6.07) is 0. The van der Waals surface area contributed by atoms with E-state index in [1.54, 1.807) is 0 Å². The van der Waals surface area contributed by atoms with E-state index < -0.39 is 9.84 Å². The molecular weight excluding hydrogens is 232 g/mol. The van der Waals surface area contributed by atoms with Gasteiger partial charge in [0.1, 0.15) is 6.10 Å². The Balaban J connectivity index is 2.03. The minimum Gasteiger partial charge on any atom is -0.485 e. The van der Waals surface area contributed by atoms with Crippen molar-refractivity contribution >= 4 is 16.1 Å². The van der Waals surface area contributed by atoms with Crippen LogP contribution in [0.3, 0.4) is 0 Å². The molecular formula is C10H10O5S. The zero-order valence-corrected chi connectivity index (χ0v) is 9.20. The molecule has 0 amide bonds. The maximum atomic E-state index is 11.5. The van der Waals surface area contributed by atoms with Gasteiger partial charge in [0, 0.05) is 11.5 Å². The van der Waals surface area contributed by atoms with Crippen molar-refractivity contribution in [2.75, 3.05) is 11.5 Å². The van der Waals surface area contributed by atoms with E-state index in [1.807, 2.05) is 0 Å². The molecule has 1 aromatic heterocycles. The van der Waals surface area contributed by atoms with E-state index in [4.69, 9.17) is 9.15 Å². The highest BCUT2D eigenvalue weighted by molar-refractivity contribution is 7.91. The van der Waals surface area contributed by atoms with Crippen LogP contribution < -0.4 is 4.74 Å². The molecule has 1 fully saturated rings. The van der Waals surface area contributed by atoms with Gasteiger partial charge >= 0.3 is 0 Å². The minimum atomic E-state index is -2.99. The topological polar surface area (TPSA) is 73.6 Å². The van der Waals surface area contributed by atoms with Crippen molar-refractivity contribution in [2.24, 2.45) is 0 Å². The lowest BCUT2D eigenvalue weighted by atomic mass is 9.98. The number of rotatable bonds is 1. The van der Waals surface area contributed by atoms with Gasteiger partial charge in [-0.1, -0.05) is 0 Å². The van der Waals surface area contributed by atoms with E-state index in [-0.39, 0.29) is 29.3 Å². The second-order valence-corrected chi connectivity index (χ2v) is 6.40. The number of hydrogen-bond acceptors (Lipinski definition) is 5. The monoisotopic (exact) mass is 242 g/mol. The van der Waals surface area contributed by atoms with Gasteiger partial charge in [-0.15, -0.1) is 0 Å². The molecule has 1 saturated heterocycles. The summed E-state index contributed by atoms with van der Waals surface area (Å²) in [6.07, 6.45) is 2.39. The molecule has 5 nitrogen and oxygen atoms in total. The van der Waals surface area contributed by atoms with Gasteiger partial charge in [0.05, 0.1) is 17.8 Å². The van der Waals surface area contributed by atoms with Gasteiger partial charge in [0.25, 0.3) is 0 Å². The highest BCUT2D eigenvalue weighted by atomic mass is 32.2. The number of carbonyl (C=O) groups is 1. The summed E-state index contributed by atoms with van der Waals surface area (Å²) >= 11 is 0. The van der Waals surface area contributed by atoms with Crippen LogP contribution in [0.2, 0.25) is 0 Å². The van der Waals surface area contributed by atoms with Gasteiger partial charge in [0.2, 0.25) is 5.76 Å². The zero-order valence-electron chi connectivity index (χ0n) is 8.38. The third-order valence-corrected chi connectivity index (χ3v) is 4.89. The van der Waals surface area contributed by atoms with Crippen LogP contribution in [0.5, 0.6) is 5.75 Å². The first-order valence-electron chi connectivity index (χ1n) is 5.04. The summed E-state index contributed by atoms with van der Waals surface area (Å²) in [5.41, 5.74) is 0.718. The Morgan fingerprint density at radius 1 is 1.44 bits per heavy atom. The van der Waals surface area contributed by atoms with Crippen molar-refractivity contribution < 1.29 is 22.4 Å². The third-order valence-electron chi connectivity index (χ3n) is 3.17. The smallest absolute Gasteiger partial charge is 0.208 e. The van der Waals surface area contributed by atoms with Crippen molar-refractivity contribution in [1.82, 2.24) is 0 Å². The van der Waals surface area contributed by atoms with Gasteiger partial charge in [-0.05, 0) is 6.42 Å². The van der Waals surface area contributed by atoms with Crippen LogP contribution in [0.4, 0.5) is 0 Å². The lowest BCUT2D eigenvalue weighted by Gasteiger charge is -2.24. The number of furan rings is 1. The number of sulfone groups is 1. The van der Waals surface area contributed by atoms with Crippen LogP contribution in [0, 0.1) is 0 Å². The third kappa shape index (κ3) is 1.29. The Hall–Kier alpha value is -1.30. The molecule has 3 rings (SSSR count). The lowest BCUT2D eigenvalue weighted by Crippen LogP contribution is -2.34. The molecule has 6 heteroatoms. The number of aldehydes is 1. The Morgan fingerprint density at radius 3 is 3.00 bits per heavy atom. The Morgan fingerprint density at radius 2 is 2.25 bits per heavy atom. The molecule has 0 saturated carbocycles. The molecule has 1 aromatic rings. The van der Waals surface area contributed by atoms with Crippen LogP contribution in [0.1, 0.15) is 28.5 Å². The van der Waals surface area contributed by atoms with E-state index >= 15 is 0 Å². The molecule has 0 radical (unpaired) electrons. The minimum absolute atomic E-state index is 0.0858.